The third-order valence-corrected chi connectivity index (χ3v) is 5.24. The SMILES string of the molecule is COc1ccc(C(O)C2CCN(c3ncnc4nc(N)ccc34)CC2)cc1. The van der Waals surface area contributed by atoms with Gasteiger partial charge in [0.25, 0.3) is 0 Å². The van der Waals surface area contributed by atoms with Crippen LogP contribution in [0.4, 0.5) is 11.6 Å². The number of aromatic nitrogens is 3. The zero-order chi connectivity index (χ0) is 18.8. The fraction of sp³-hybridized carbons (Fsp3) is 0.350. The number of methoxy groups -OCH3 is 1. The highest BCUT2D eigenvalue weighted by molar-refractivity contribution is 5.87. The Labute approximate surface area is 157 Å². The molecule has 0 amide bonds. The minimum Gasteiger partial charge on any atom is -0.497 e. The van der Waals surface area contributed by atoms with E-state index in [1.165, 1.54) is 6.33 Å². The van der Waals surface area contributed by atoms with E-state index >= 15 is 0 Å². The molecule has 1 fully saturated rings. The van der Waals surface area contributed by atoms with Gasteiger partial charge < -0.3 is 20.5 Å². The van der Waals surface area contributed by atoms with Gasteiger partial charge in [-0.15, -0.1) is 0 Å². The number of piperidine rings is 1. The summed E-state index contributed by atoms with van der Waals surface area (Å²) >= 11 is 0. The molecule has 2 aromatic heterocycles. The zero-order valence-electron chi connectivity index (χ0n) is 15.2. The summed E-state index contributed by atoms with van der Waals surface area (Å²) in [6.07, 6.45) is 2.84. The minimum atomic E-state index is -0.471. The molecule has 7 nitrogen and oxygen atoms in total. The molecule has 0 bridgehead atoms. The van der Waals surface area contributed by atoms with Crippen molar-refractivity contribution in [1.82, 2.24) is 15.0 Å². The summed E-state index contributed by atoms with van der Waals surface area (Å²) in [5.74, 6) is 2.35. The first-order chi connectivity index (χ1) is 13.2. The van der Waals surface area contributed by atoms with E-state index in [0.717, 1.165) is 48.4 Å². The van der Waals surface area contributed by atoms with Crippen LogP contribution in [0.5, 0.6) is 5.75 Å². The smallest absolute Gasteiger partial charge is 0.166 e. The van der Waals surface area contributed by atoms with Gasteiger partial charge in [0, 0.05) is 13.1 Å². The van der Waals surface area contributed by atoms with Crippen molar-refractivity contribution < 1.29 is 9.84 Å². The molecular weight excluding hydrogens is 342 g/mol. The average Bonchev–Trinajstić information content (AvgIpc) is 2.73. The molecule has 4 rings (SSSR count). The highest BCUT2D eigenvalue weighted by Crippen LogP contribution is 2.34. The van der Waals surface area contributed by atoms with Gasteiger partial charge in [-0.1, -0.05) is 12.1 Å². The number of anilines is 2. The molecule has 1 aromatic carbocycles. The predicted molar refractivity (Wildman–Crippen MR) is 105 cm³/mol. The summed E-state index contributed by atoms with van der Waals surface area (Å²) in [5.41, 5.74) is 7.30. The van der Waals surface area contributed by atoms with Crippen molar-refractivity contribution in [3.05, 3.63) is 48.3 Å². The van der Waals surface area contributed by atoms with Gasteiger partial charge in [0.05, 0.1) is 18.6 Å². The summed E-state index contributed by atoms with van der Waals surface area (Å²) < 4.78 is 5.19. The lowest BCUT2D eigenvalue weighted by molar-refractivity contribution is 0.0928. The number of rotatable bonds is 4. The number of nitrogens with two attached hydrogens (primary N) is 1. The molecule has 3 aromatic rings. The minimum absolute atomic E-state index is 0.219. The monoisotopic (exact) mass is 365 g/mol. The van der Waals surface area contributed by atoms with E-state index in [0.29, 0.717) is 11.5 Å². The van der Waals surface area contributed by atoms with E-state index in [4.69, 9.17) is 10.5 Å². The Kier molecular flexibility index (Phi) is 4.77. The van der Waals surface area contributed by atoms with Gasteiger partial charge in [0.2, 0.25) is 0 Å². The van der Waals surface area contributed by atoms with Gasteiger partial charge in [-0.2, -0.15) is 0 Å². The van der Waals surface area contributed by atoms with Gasteiger partial charge in [-0.25, -0.2) is 15.0 Å². The summed E-state index contributed by atoms with van der Waals surface area (Å²) in [5, 5.41) is 11.7. The van der Waals surface area contributed by atoms with Crippen molar-refractivity contribution >= 4 is 22.7 Å². The van der Waals surface area contributed by atoms with Crippen LogP contribution in [0.1, 0.15) is 24.5 Å². The number of nitrogens with zero attached hydrogens (tertiary/aromatic N) is 4. The number of benzene rings is 1. The van der Waals surface area contributed by atoms with Gasteiger partial charge in [0.15, 0.2) is 5.65 Å². The Balaban J connectivity index is 1.47. The van der Waals surface area contributed by atoms with Crippen molar-refractivity contribution in [2.24, 2.45) is 5.92 Å². The third kappa shape index (κ3) is 3.50. The topological polar surface area (TPSA) is 97.4 Å². The number of hydrogen-bond donors (Lipinski definition) is 2. The molecule has 1 unspecified atom stereocenters. The van der Waals surface area contributed by atoms with E-state index in [-0.39, 0.29) is 5.92 Å². The number of fused-ring (bicyclic) bond motifs is 1. The summed E-state index contributed by atoms with van der Waals surface area (Å²) in [6.45, 7) is 1.66. The molecule has 0 radical (unpaired) electrons. The maximum atomic E-state index is 10.8. The van der Waals surface area contributed by atoms with E-state index in [1.807, 2.05) is 30.3 Å². The third-order valence-electron chi connectivity index (χ3n) is 5.24. The van der Waals surface area contributed by atoms with Crippen molar-refractivity contribution in [2.75, 3.05) is 30.8 Å². The normalized spacial score (nSPS) is 16.4. The fourth-order valence-electron chi connectivity index (χ4n) is 3.70. The van der Waals surface area contributed by atoms with Crippen molar-refractivity contribution in [3.8, 4) is 5.75 Å². The Bertz CT molecular complexity index is 923. The highest BCUT2D eigenvalue weighted by atomic mass is 16.5. The largest absolute Gasteiger partial charge is 0.497 e. The molecule has 1 saturated heterocycles. The molecule has 3 heterocycles. The lowest BCUT2D eigenvalue weighted by Gasteiger charge is -2.35. The van der Waals surface area contributed by atoms with Gasteiger partial charge in [0.1, 0.15) is 23.7 Å². The molecule has 1 aliphatic rings. The van der Waals surface area contributed by atoms with E-state index in [2.05, 4.69) is 19.9 Å². The fourth-order valence-corrected chi connectivity index (χ4v) is 3.70. The molecule has 0 spiro atoms. The van der Waals surface area contributed by atoms with Crippen LogP contribution in [0, 0.1) is 5.92 Å². The second-order valence-electron chi connectivity index (χ2n) is 6.85. The molecule has 7 heteroatoms. The Hall–Kier alpha value is -2.93. The molecule has 1 aliphatic heterocycles. The van der Waals surface area contributed by atoms with Crippen LogP contribution in [0.3, 0.4) is 0 Å². The molecule has 0 saturated carbocycles. The van der Waals surface area contributed by atoms with Crippen LogP contribution < -0.4 is 15.4 Å². The van der Waals surface area contributed by atoms with E-state index in [9.17, 15) is 5.11 Å². The quantitative estimate of drug-likeness (QED) is 0.733. The summed E-state index contributed by atoms with van der Waals surface area (Å²) in [4.78, 5) is 15.2. The van der Waals surface area contributed by atoms with E-state index in [1.54, 1.807) is 13.2 Å². The second kappa shape index (κ2) is 7.36. The Morgan fingerprint density at radius 2 is 1.85 bits per heavy atom. The van der Waals surface area contributed by atoms with Crippen molar-refractivity contribution in [2.45, 2.75) is 18.9 Å². The molecular formula is C20H23N5O2. The Morgan fingerprint density at radius 3 is 2.56 bits per heavy atom. The van der Waals surface area contributed by atoms with Crippen LogP contribution in [0.15, 0.2) is 42.7 Å². The van der Waals surface area contributed by atoms with Crippen molar-refractivity contribution in [3.63, 3.8) is 0 Å². The van der Waals surface area contributed by atoms with Crippen LogP contribution in [-0.4, -0.2) is 40.3 Å². The number of aliphatic hydroxyl groups is 1. The second-order valence-corrected chi connectivity index (χ2v) is 6.85. The van der Waals surface area contributed by atoms with Crippen LogP contribution in [0.25, 0.3) is 11.0 Å². The van der Waals surface area contributed by atoms with Gasteiger partial charge >= 0.3 is 0 Å². The first-order valence-electron chi connectivity index (χ1n) is 9.10. The number of hydrogen-bond acceptors (Lipinski definition) is 7. The zero-order valence-corrected chi connectivity index (χ0v) is 15.2. The lowest BCUT2D eigenvalue weighted by Crippen LogP contribution is -2.36. The maximum absolute atomic E-state index is 10.8. The number of nitrogen functional groups attached to an aromatic ring is 1. The molecule has 27 heavy (non-hydrogen) atoms. The highest BCUT2D eigenvalue weighted by Gasteiger charge is 2.27. The van der Waals surface area contributed by atoms with Gasteiger partial charge in [-0.05, 0) is 48.6 Å². The molecule has 140 valence electrons. The van der Waals surface area contributed by atoms with Crippen LogP contribution >= 0.6 is 0 Å². The average molecular weight is 365 g/mol. The molecule has 0 aliphatic carbocycles. The molecule has 3 N–H and O–H groups in total. The first-order valence-corrected chi connectivity index (χ1v) is 9.10. The standard InChI is InChI=1S/C20H23N5O2/c1-27-15-4-2-13(3-5-15)18(26)14-8-10-25(11-9-14)20-16-6-7-17(21)24-19(16)22-12-23-20/h2-7,12,14,18,26H,8-11H2,1H3,(H2,21,22,23,24). The van der Waals surface area contributed by atoms with Gasteiger partial charge in [-0.3, -0.25) is 0 Å². The Morgan fingerprint density at radius 1 is 1.11 bits per heavy atom. The number of ether oxygens (including phenoxy) is 1. The first kappa shape index (κ1) is 17.5. The number of pyridine rings is 1. The predicted octanol–water partition coefficient (Wildman–Crippen LogP) is 2.57. The van der Waals surface area contributed by atoms with Crippen molar-refractivity contribution in [1.29, 1.82) is 0 Å². The summed E-state index contributed by atoms with van der Waals surface area (Å²) in [6, 6.07) is 11.3. The number of aliphatic hydroxyl groups excluding tert-OH is 1. The van der Waals surface area contributed by atoms with E-state index < -0.39 is 6.10 Å². The van der Waals surface area contributed by atoms with Crippen LogP contribution in [0.2, 0.25) is 0 Å². The molecule has 1 atom stereocenters. The van der Waals surface area contributed by atoms with Crippen LogP contribution in [-0.2, 0) is 0 Å². The maximum Gasteiger partial charge on any atom is 0.166 e. The lowest BCUT2D eigenvalue weighted by atomic mass is 9.87. The summed E-state index contributed by atoms with van der Waals surface area (Å²) in [7, 11) is 1.64.